The molecule has 0 aliphatic heterocycles. The minimum absolute atomic E-state index is 0.0114. The topological polar surface area (TPSA) is 55.9 Å². The molecule has 2 aromatic rings. The van der Waals surface area contributed by atoms with Gasteiger partial charge < -0.3 is 11.1 Å². The number of aryl methyl sites for hydroxylation is 2. The van der Waals surface area contributed by atoms with Crippen LogP contribution in [0.4, 0.5) is 20.2 Å². The molecule has 6 heteroatoms. The first kappa shape index (κ1) is 13.3. The second-order valence-electron chi connectivity index (χ2n) is 4.45. The molecule has 0 radical (unpaired) electrons. The third-order valence-corrected chi connectivity index (χ3v) is 3.23. The van der Waals surface area contributed by atoms with Crippen molar-refractivity contribution < 1.29 is 8.78 Å². The molecule has 102 valence electrons. The van der Waals surface area contributed by atoms with Gasteiger partial charge in [0.2, 0.25) is 0 Å². The van der Waals surface area contributed by atoms with Crippen LogP contribution in [-0.2, 0) is 13.6 Å². The number of hydrogen-bond donors (Lipinski definition) is 2. The molecule has 0 aliphatic carbocycles. The van der Waals surface area contributed by atoms with E-state index in [1.54, 1.807) is 4.68 Å². The quantitative estimate of drug-likeness (QED) is 0.839. The van der Waals surface area contributed by atoms with Gasteiger partial charge in [-0.2, -0.15) is 5.10 Å². The fourth-order valence-corrected chi connectivity index (χ4v) is 2.00. The van der Waals surface area contributed by atoms with E-state index in [0.717, 1.165) is 23.0 Å². The molecule has 2 rings (SSSR count). The Bertz CT molecular complexity index is 620. The van der Waals surface area contributed by atoms with Crippen molar-refractivity contribution in [2.24, 2.45) is 7.05 Å². The summed E-state index contributed by atoms with van der Waals surface area (Å²) < 4.78 is 28.5. The molecule has 1 aromatic heterocycles. The van der Waals surface area contributed by atoms with Crippen LogP contribution in [0, 0.1) is 25.5 Å². The first-order chi connectivity index (χ1) is 8.91. The maximum atomic E-state index is 13.6. The summed E-state index contributed by atoms with van der Waals surface area (Å²) in [6, 6.07) is 2.35. The monoisotopic (exact) mass is 266 g/mol. The average Bonchev–Trinajstić information content (AvgIpc) is 2.60. The van der Waals surface area contributed by atoms with E-state index in [0.29, 0.717) is 6.54 Å². The van der Waals surface area contributed by atoms with E-state index in [1.807, 2.05) is 20.9 Å². The molecule has 1 aromatic carbocycles. The first-order valence-electron chi connectivity index (χ1n) is 5.88. The minimum atomic E-state index is -0.959. The zero-order valence-electron chi connectivity index (χ0n) is 11.1. The first-order valence-corrected chi connectivity index (χ1v) is 5.88. The number of nitrogens with two attached hydrogens (primary N) is 1. The van der Waals surface area contributed by atoms with Crippen molar-refractivity contribution in [1.29, 1.82) is 0 Å². The number of nitrogens with zero attached hydrogens (tertiary/aromatic N) is 2. The zero-order chi connectivity index (χ0) is 14.2. The maximum absolute atomic E-state index is 13.6. The molecule has 1 heterocycles. The standard InChI is InChI=1S/C13H16F2N4/c1-7-9(8(2)19(3)18-7)6-17-13-11(16)5-4-10(14)12(13)15/h4-5,17H,6,16H2,1-3H3. The van der Waals surface area contributed by atoms with Crippen LogP contribution in [0.3, 0.4) is 0 Å². The molecule has 0 amide bonds. The van der Waals surface area contributed by atoms with Gasteiger partial charge in [0.1, 0.15) is 0 Å². The van der Waals surface area contributed by atoms with Gasteiger partial charge in [-0.25, -0.2) is 8.78 Å². The zero-order valence-corrected chi connectivity index (χ0v) is 11.1. The van der Waals surface area contributed by atoms with E-state index >= 15 is 0 Å². The van der Waals surface area contributed by atoms with Crippen molar-refractivity contribution in [3.05, 3.63) is 40.7 Å². The molecular formula is C13H16F2N4. The van der Waals surface area contributed by atoms with Crippen LogP contribution in [0.2, 0.25) is 0 Å². The van der Waals surface area contributed by atoms with Crippen LogP contribution in [0.15, 0.2) is 12.1 Å². The van der Waals surface area contributed by atoms with Gasteiger partial charge in [0.25, 0.3) is 0 Å². The van der Waals surface area contributed by atoms with Crippen LogP contribution in [0.25, 0.3) is 0 Å². The van der Waals surface area contributed by atoms with E-state index in [2.05, 4.69) is 10.4 Å². The molecule has 0 fully saturated rings. The van der Waals surface area contributed by atoms with E-state index in [1.165, 1.54) is 6.07 Å². The van der Waals surface area contributed by atoms with Crippen LogP contribution >= 0.6 is 0 Å². The number of benzene rings is 1. The van der Waals surface area contributed by atoms with Crippen LogP contribution in [-0.4, -0.2) is 9.78 Å². The summed E-state index contributed by atoms with van der Waals surface area (Å²) in [6.45, 7) is 4.13. The van der Waals surface area contributed by atoms with Gasteiger partial charge in [-0.05, 0) is 26.0 Å². The Morgan fingerprint density at radius 1 is 1.32 bits per heavy atom. The Balaban J connectivity index is 2.26. The van der Waals surface area contributed by atoms with Crippen molar-refractivity contribution in [2.75, 3.05) is 11.1 Å². The average molecular weight is 266 g/mol. The highest BCUT2D eigenvalue weighted by Gasteiger charge is 2.14. The van der Waals surface area contributed by atoms with Crippen LogP contribution < -0.4 is 11.1 Å². The van der Waals surface area contributed by atoms with E-state index in [4.69, 9.17) is 5.73 Å². The lowest BCUT2D eigenvalue weighted by Crippen LogP contribution is -2.07. The predicted octanol–water partition coefficient (Wildman–Crippen LogP) is 2.51. The number of halogens is 2. The molecule has 0 unspecified atom stereocenters. The van der Waals surface area contributed by atoms with Crippen molar-refractivity contribution >= 4 is 11.4 Å². The second kappa shape index (κ2) is 4.87. The highest BCUT2D eigenvalue weighted by atomic mass is 19.2. The van der Waals surface area contributed by atoms with Gasteiger partial charge in [0.05, 0.1) is 17.1 Å². The Labute approximate surface area is 110 Å². The molecule has 0 atom stereocenters. The van der Waals surface area contributed by atoms with Gasteiger partial charge in [0, 0.05) is 24.8 Å². The summed E-state index contributed by atoms with van der Waals surface area (Å²) in [5.41, 5.74) is 8.59. The van der Waals surface area contributed by atoms with Gasteiger partial charge in [-0.3, -0.25) is 4.68 Å². The number of rotatable bonds is 3. The third-order valence-electron chi connectivity index (χ3n) is 3.23. The molecule has 0 bridgehead atoms. The van der Waals surface area contributed by atoms with Gasteiger partial charge >= 0.3 is 0 Å². The number of nitrogens with one attached hydrogen (secondary N) is 1. The maximum Gasteiger partial charge on any atom is 0.183 e. The predicted molar refractivity (Wildman–Crippen MR) is 70.8 cm³/mol. The smallest absolute Gasteiger partial charge is 0.183 e. The summed E-state index contributed by atoms with van der Waals surface area (Å²) in [5.74, 6) is -1.88. The fourth-order valence-electron chi connectivity index (χ4n) is 2.00. The van der Waals surface area contributed by atoms with Gasteiger partial charge in [0.15, 0.2) is 11.6 Å². The number of aromatic nitrogens is 2. The van der Waals surface area contributed by atoms with E-state index < -0.39 is 11.6 Å². The number of nitrogen functional groups attached to an aromatic ring is 1. The van der Waals surface area contributed by atoms with E-state index in [9.17, 15) is 8.78 Å². The SMILES string of the molecule is Cc1nn(C)c(C)c1CNc1c(N)ccc(F)c1F. The lowest BCUT2D eigenvalue weighted by atomic mass is 10.2. The Morgan fingerprint density at radius 3 is 2.58 bits per heavy atom. The third kappa shape index (κ3) is 2.38. The van der Waals surface area contributed by atoms with Crippen LogP contribution in [0.1, 0.15) is 17.0 Å². The second-order valence-corrected chi connectivity index (χ2v) is 4.45. The molecule has 4 nitrogen and oxygen atoms in total. The molecule has 0 saturated carbocycles. The largest absolute Gasteiger partial charge is 0.397 e. The van der Waals surface area contributed by atoms with Crippen molar-refractivity contribution in [3.8, 4) is 0 Å². The van der Waals surface area contributed by atoms with E-state index in [-0.39, 0.29) is 11.4 Å². The van der Waals surface area contributed by atoms with Crippen molar-refractivity contribution in [3.63, 3.8) is 0 Å². The summed E-state index contributed by atoms with van der Waals surface area (Å²) in [5, 5.41) is 7.10. The lowest BCUT2D eigenvalue weighted by molar-refractivity contribution is 0.511. The number of anilines is 2. The summed E-state index contributed by atoms with van der Waals surface area (Å²) >= 11 is 0. The molecule has 19 heavy (non-hydrogen) atoms. The van der Waals surface area contributed by atoms with Crippen molar-refractivity contribution in [1.82, 2.24) is 9.78 Å². The molecule has 0 saturated heterocycles. The lowest BCUT2D eigenvalue weighted by Gasteiger charge is -2.11. The Morgan fingerprint density at radius 2 is 2.00 bits per heavy atom. The molecular weight excluding hydrogens is 250 g/mol. The Hall–Kier alpha value is -2.11. The highest BCUT2D eigenvalue weighted by Crippen LogP contribution is 2.25. The van der Waals surface area contributed by atoms with Gasteiger partial charge in [-0.15, -0.1) is 0 Å². The van der Waals surface area contributed by atoms with Gasteiger partial charge in [-0.1, -0.05) is 0 Å². The van der Waals surface area contributed by atoms with Crippen LogP contribution in [0.5, 0.6) is 0 Å². The highest BCUT2D eigenvalue weighted by molar-refractivity contribution is 5.67. The minimum Gasteiger partial charge on any atom is -0.397 e. The fraction of sp³-hybridized carbons (Fsp3) is 0.308. The molecule has 0 spiro atoms. The van der Waals surface area contributed by atoms with Crippen molar-refractivity contribution in [2.45, 2.75) is 20.4 Å². The molecule has 0 aliphatic rings. The molecule has 3 N–H and O–H groups in total. The summed E-state index contributed by atoms with van der Waals surface area (Å²) in [4.78, 5) is 0. The summed E-state index contributed by atoms with van der Waals surface area (Å²) in [6.07, 6.45) is 0. The normalized spacial score (nSPS) is 10.8. The number of hydrogen-bond acceptors (Lipinski definition) is 3. The Kier molecular flexibility index (Phi) is 3.42. The summed E-state index contributed by atoms with van der Waals surface area (Å²) in [7, 11) is 1.84.